The summed E-state index contributed by atoms with van der Waals surface area (Å²) in [6.07, 6.45) is 7.41. The molecule has 4 rings (SSSR count). The van der Waals surface area contributed by atoms with Crippen molar-refractivity contribution in [2.45, 2.75) is 44.7 Å². The molecular weight excluding hydrogens is 342 g/mol. The zero-order valence-electron chi connectivity index (χ0n) is 15.2. The highest BCUT2D eigenvalue weighted by molar-refractivity contribution is 5.94. The van der Waals surface area contributed by atoms with Crippen molar-refractivity contribution >= 4 is 34.7 Å². The molecule has 0 unspecified atom stereocenters. The number of pyridine rings is 1. The van der Waals surface area contributed by atoms with Crippen molar-refractivity contribution in [1.29, 1.82) is 5.26 Å². The molecule has 1 fully saturated rings. The highest BCUT2D eigenvalue weighted by Crippen LogP contribution is 2.35. The van der Waals surface area contributed by atoms with Gasteiger partial charge in [-0.1, -0.05) is 6.08 Å². The summed E-state index contributed by atoms with van der Waals surface area (Å²) in [6, 6.07) is 6.06. The number of hydrogen-bond donors (Lipinski definition) is 1. The normalized spacial score (nSPS) is 19.5. The molecular formula is C20H21N5O2. The van der Waals surface area contributed by atoms with Gasteiger partial charge in [0.05, 0.1) is 6.07 Å². The molecule has 2 aromatic heterocycles. The van der Waals surface area contributed by atoms with E-state index >= 15 is 0 Å². The summed E-state index contributed by atoms with van der Waals surface area (Å²) >= 11 is 0. The van der Waals surface area contributed by atoms with Gasteiger partial charge in [-0.2, -0.15) is 5.26 Å². The Balaban J connectivity index is 1.72. The van der Waals surface area contributed by atoms with Crippen molar-refractivity contribution in [1.82, 2.24) is 14.9 Å². The van der Waals surface area contributed by atoms with Crippen LogP contribution < -0.4 is 4.90 Å². The van der Waals surface area contributed by atoms with E-state index in [2.05, 4.69) is 16.0 Å². The number of H-pyrrole nitrogens is 1. The van der Waals surface area contributed by atoms with E-state index in [-0.39, 0.29) is 24.4 Å². The van der Waals surface area contributed by atoms with Crippen molar-refractivity contribution < 1.29 is 9.59 Å². The topological polar surface area (TPSA) is 93.1 Å². The Morgan fingerprint density at radius 3 is 3.00 bits per heavy atom. The summed E-state index contributed by atoms with van der Waals surface area (Å²) < 4.78 is 0. The van der Waals surface area contributed by atoms with E-state index in [1.165, 1.54) is 0 Å². The van der Waals surface area contributed by atoms with E-state index in [1.54, 1.807) is 9.80 Å². The van der Waals surface area contributed by atoms with Gasteiger partial charge in [-0.25, -0.2) is 4.98 Å². The van der Waals surface area contributed by atoms with Gasteiger partial charge in [0.25, 0.3) is 0 Å². The van der Waals surface area contributed by atoms with E-state index in [0.717, 1.165) is 41.4 Å². The molecule has 138 valence electrons. The Hall–Kier alpha value is -3.14. The lowest BCUT2D eigenvalue weighted by Gasteiger charge is -2.32. The maximum absolute atomic E-state index is 12.1. The smallest absolute Gasteiger partial charge is 0.237 e. The van der Waals surface area contributed by atoms with Crippen LogP contribution in [0.2, 0.25) is 0 Å². The minimum atomic E-state index is -0.136. The summed E-state index contributed by atoms with van der Waals surface area (Å²) in [4.78, 5) is 34.9. The van der Waals surface area contributed by atoms with E-state index in [0.29, 0.717) is 18.8 Å². The highest BCUT2D eigenvalue weighted by atomic mass is 16.2. The number of carbonyl (C=O) groups is 2. The molecule has 0 radical (unpaired) electrons. The maximum Gasteiger partial charge on any atom is 0.237 e. The van der Waals surface area contributed by atoms with Gasteiger partial charge in [0, 0.05) is 30.2 Å². The van der Waals surface area contributed by atoms with Gasteiger partial charge in [0.15, 0.2) is 0 Å². The molecule has 2 amide bonds. The van der Waals surface area contributed by atoms with E-state index in [1.807, 2.05) is 31.3 Å². The third kappa shape index (κ3) is 3.19. The van der Waals surface area contributed by atoms with Gasteiger partial charge < -0.3 is 9.88 Å². The first-order chi connectivity index (χ1) is 13.1. The summed E-state index contributed by atoms with van der Waals surface area (Å²) in [7, 11) is 0. The Morgan fingerprint density at radius 1 is 1.52 bits per heavy atom. The standard InChI is InChI=1S/C20H21N5O2/c1-13-10-14(6-9-24(13)19(27)4-7-21)17-11-18(25(12-26)15-2-3-15)23-20-16(17)5-8-22-20/h5,8,10-13,15H,2-4,6,9H2,1H3,(H,22,23)/t13-/m1/s1. The SMILES string of the molecule is C[C@@H]1C=C(c2cc(N(C=O)C3CC3)nc3[nH]ccc23)CCN1C(=O)CC#N. The van der Waals surface area contributed by atoms with Crippen LogP contribution in [0.25, 0.3) is 16.6 Å². The monoisotopic (exact) mass is 363 g/mol. The van der Waals surface area contributed by atoms with Crippen LogP contribution in [0.15, 0.2) is 24.4 Å². The summed E-state index contributed by atoms with van der Waals surface area (Å²) in [5.41, 5.74) is 2.94. The lowest BCUT2D eigenvalue weighted by Crippen LogP contribution is -2.40. The van der Waals surface area contributed by atoms with Crippen LogP contribution in [0, 0.1) is 11.3 Å². The van der Waals surface area contributed by atoms with Crippen LogP contribution in [-0.2, 0) is 9.59 Å². The van der Waals surface area contributed by atoms with Gasteiger partial charge in [-0.15, -0.1) is 0 Å². The summed E-state index contributed by atoms with van der Waals surface area (Å²) in [5.74, 6) is 0.525. The van der Waals surface area contributed by atoms with Crippen LogP contribution in [0.5, 0.6) is 0 Å². The Kier molecular flexibility index (Phi) is 4.40. The lowest BCUT2D eigenvalue weighted by atomic mass is 9.94. The first-order valence-electron chi connectivity index (χ1n) is 9.21. The molecule has 2 aliphatic rings. The largest absolute Gasteiger partial charge is 0.346 e. The summed E-state index contributed by atoms with van der Waals surface area (Å²) in [6.45, 7) is 2.55. The predicted molar refractivity (Wildman–Crippen MR) is 102 cm³/mol. The average Bonchev–Trinajstić information content (AvgIpc) is 3.37. The quantitative estimate of drug-likeness (QED) is 0.826. The molecule has 27 heavy (non-hydrogen) atoms. The molecule has 1 saturated carbocycles. The second-order valence-corrected chi connectivity index (χ2v) is 7.12. The Labute approximate surface area is 157 Å². The Bertz CT molecular complexity index is 966. The van der Waals surface area contributed by atoms with E-state index in [9.17, 15) is 9.59 Å². The molecule has 2 aromatic rings. The molecule has 1 atom stereocenters. The highest BCUT2D eigenvalue weighted by Gasteiger charge is 2.31. The molecule has 0 bridgehead atoms. The molecule has 0 aromatic carbocycles. The van der Waals surface area contributed by atoms with Gasteiger partial charge >= 0.3 is 0 Å². The van der Waals surface area contributed by atoms with Crippen LogP contribution in [-0.4, -0.2) is 45.8 Å². The minimum absolute atomic E-state index is 0.0780. The number of aromatic amines is 1. The number of fused-ring (bicyclic) bond motifs is 1. The van der Waals surface area contributed by atoms with Crippen LogP contribution in [0.4, 0.5) is 5.82 Å². The van der Waals surface area contributed by atoms with E-state index in [4.69, 9.17) is 5.26 Å². The van der Waals surface area contributed by atoms with Crippen molar-refractivity contribution in [3.8, 4) is 6.07 Å². The number of anilines is 1. The van der Waals surface area contributed by atoms with Gasteiger partial charge in [-0.05, 0) is 49.5 Å². The van der Waals surface area contributed by atoms with E-state index < -0.39 is 0 Å². The summed E-state index contributed by atoms with van der Waals surface area (Å²) in [5, 5.41) is 9.79. The van der Waals surface area contributed by atoms with Gasteiger partial charge in [0.2, 0.25) is 12.3 Å². The van der Waals surface area contributed by atoms with Crippen molar-refractivity contribution in [2.24, 2.45) is 0 Å². The molecule has 0 spiro atoms. The number of nitrogens with zero attached hydrogens (tertiary/aromatic N) is 4. The second-order valence-electron chi connectivity index (χ2n) is 7.12. The zero-order chi connectivity index (χ0) is 19.0. The molecule has 1 N–H and O–H groups in total. The number of aromatic nitrogens is 2. The average molecular weight is 363 g/mol. The van der Waals surface area contributed by atoms with Crippen LogP contribution in [0.3, 0.4) is 0 Å². The second kappa shape index (κ2) is 6.88. The van der Waals surface area contributed by atoms with Crippen molar-refractivity contribution in [3.05, 3.63) is 30.0 Å². The maximum atomic E-state index is 12.1. The van der Waals surface area contributed by atoms with Gasteiger partial charge in [-0.3, -0.25) is 14.5 Å². The number of nitriles is 1. The molecule has 1 aliphatic carbocycles. The molecule has 1 aliphatic heterocycles. The minimum Gasteiger partial charge on any atom is -0.346 e. The van der Waals surface area contributed by atoms with Crippen molar-refractivity contribution in [3.63, 3.8) is 0 Å². The number of nitrogens with one attached hydrogen (secondary N) is 1. The molecule has 3 heterocycles. The number of carbonyl (C=O) groups excluding carboxylic acids is 2. The first kappa shape index (κ1) is 17.3. The number of rotatable bonds is 5. The predicted octanol–water partition coefficient (Wildman–Crippen LogP) is 2.61. The third-order valence-corrected chi connectivity index (χ3v) is 5.29. The van der Waals surface area contributed by atoms with Crippen LogP contribution >= 0.6 is 0 Å². The Morgan fingerprint density at radius 2 is 2.33 bits per heavy atom. The lowest BCUT2D eigenvalue weighted by molar-refractivity contribution is -0.131. The fourth-order valence-electron chi connectivity index (χ4n) is 3.76. The van der Waals surface area contributed by atoms with Gasteiger partial charge in [0.1, 0.15) is 17.9 Å². The number of hydrogen-bond acceptors (Lipinski definition) is 4. The fraction of sp³-hybridized carbons (Fsp3) is 0.400. The first-order valence-corrected chi connectivity index (χ1v) is 9.21. The third-order valence-electron chi connectivity index (χ3n) is 5.29. The molecule has 0 saturated heterocycles. The fourth-order valence-corrected chi connectivity index (χ4v) is 3.76. The number of amides is 2. The molecule has 7 heteroatoms. The molecule has 7 nitrogen and oxygen atoms in total. The van der Waals surface area contributed by atoms with Crippen molar-refractivity contribution in [2.75, 3.05) is 11.4 Å². The van der Waals surface area contributed by atoms with Crippen LogP contribution in [0.1, 0.15) is 38.2 Å². The zero-order valence-corrected chi connectivity index (χ0v) is 15.2.